The molecule has 0 amide bonds. The van der Waals surface area contributed by atoms with E-state index in [0.29, 0.717) is 0 Å². The van der Waals surface area contributed by atoms with Gasteiger partial charge < -0.3 is 5.11 Å². The Labute approximate surface area is 45.4 Å². The lowest BCUT2D eigenvalue weighted by Gasteiger charge is -1.82. The summed E-state index contributed by atoms with van der Waals surface area (Å²) in [5.74, 6) is -1.07. The molecule has 0 aliphatic heterocycles. The third-order valence-corrected chi connectivity index (χ3v) is 0.440. The fourth-order valence-corrected chi connectivity index (χ4v) is 0.247. The van der Waals surface area contributed by atoms with Crippen molar-refractivity contribution < 1.29 is 9.90 Å². The smallest absolute Gasteiger partial charge is 0.310 e. The van der Waals surface area contributed by atoms with Crippen LogP contribution in [0.1, 0.15) is 6.42 Å². The van der Waals surface area contributed by atoms with E-state index in [2.05, 4.69) is 0 Å². The average molecular weight is 122 g/mol. The van der Waals surface area contributed by atoms with Crippen molar-refractivity contribution in [2.75, 3.05) is 0 Å². The summed E-state index contributed by atoms with van der Waals surface area (Å²) in [6.45, 7) is 0. The predicted octanol–water partition coefficient (Wildman–Crippen LogP) is 0.677. The number of rotatable bonds is 2. The number of carboxylic acid groups (broad SMARTS) is 1. The monoisotopic (exact) mass is 121 g/mol. The molecule has 0 bridgehead atoms. The van der Waals surface area contributed by atoms with Crippen LogP contribution in [0.3, 0.4) is 0 Å². The van der Waals surface area contributed by atoms with E-state index >= 15 is 0 Å². The van der Waals surface area contributed by atoms with Gasteiger partial charge in [-0.2, -0.15) is 0 Å². The summed E-state index contributed by atoms with van der Waals surface area (Å²) in [5.41, 5.74) is 0. The zero-order valence-corrected chi connectivity index (χ0v) is 4.20. The molecule has 0 saturated carbocycles. The minimum absolute atomic E-state index is 0.340. The van der Waals surface area contributed by atoms with Crippen LogP contribution in [-0.2, 0) is 4.79 Å². The molecule has 0 spiro atoms. The maximum Gasteiger partial charge on any atom is 0.310 e. The van der Waals surface area contributed by atoms with Crippen molar-refractivity contribution in [1.82, 2.24) is 0 Å². The van der Waals surface area contributed by atoms with Crippen LogP contribution in [0, 0.1) is 5.41 Å². The van der Waals surface area contributed by atoms with Crippen LogP contribution in [0.2, 0.25) is 0 Å². The van der Waals surface area contributed by atoms with E-state index in [1.165, 1.54) is 0 Å². The van der Waals surface area contributed by atoms with Crippen molar-refractivity contribution in [2.24, 2.45) is 0 Å². The number of nitrogens with one attached hydrogen (secondary N) is 1. The first-order valence-corrected chi connectivity index (χ1v) is 1.95. The average Bonchev–Trinajstić information content (AvgIpc) is 1.27. The van der Waals surface area contributed by atoms with Crippen molar-refractivity contribution in [3.05, 3.63) is 0 Å². The molecule has 0 aromatic rings. The third kappa shape index (κ3) is 5.43. The quantitative estimate of drug-likeness (QED) is 0.528. The van der Waals surface area contributed by atoms with Crippen molar-refractivity contribution in [2.45, 2.75) is 6.42 Å². The summed E-state index contributed by atoms with van der Waals surface area (Å²) in [5, 5.41) is 13.9. The molecule has 7 heavy (non-hydrogen) atoms. The van der Waals surface area contributed by atoms with Crippen LogP contribution in [0.4, 0.5) is 0 Å². The highest BCUT2D eigenvalue weighted by atomic mass is 35.5. The lowest BCUT2D eigenvalue weighted by Crippen LogP contribution is -1.98. The van der Waals surface area contributed by atoms with E-state index in [0.717, 1.165) is 0 Å². The molecule has 0 rings (SSSR count). The van der Waals surface area contributed by atoms with Gasteiger partial charge in [-0.15, -0.1) is 0 Å². The molecule has 40 valence electrons. The van der Waals surface area contributed by atoms with E-state index in [9.17, 15) is 4.79 Å². The van der Waals surface area contributed by atoms with E-state index in [4.69, 9.17) is 22.1 Å². The summed E-state index contributed by atoms with van der Waals surface area (Å²) in [6.07, 6.45) is -0.373. The van der Waals surface area contributed by atoms with Crippen LogP contribution < -0.4 is 0 Å². The minimum atomic E-state index is -1.07. The Hall–Kier alpha value is -0.570. The lowest BCUT2D eigenvalue weighted by atomic mass is 10.5. The van der Waals surface area contributed by atoms with Crippen LogP contribution in [0.5, 0.6) is 0 Å². The van der Waals surface area contributed by atoms with Crippen LogP contribution in [0.25, 0.3) is 0 Å². The van der Waals surface area contributed by atoms with Gasteiger partial charge in [-0.3, -0.25) is 10.2 Å². The van der Waals surface area contributed by atoms with Gasteiger partial charge in [0.05, 0.1) is 6.42 Å². The van der Waals surface area contributed by atoms with Crippen molar-refractivity contribution in [1.29, 1.82) is 5.41 Å². The first-order valence-electron chi connectivity index (χ1n) is 1.57. The maximum absolute atomic E-state index is 9.58. The summed E-state index contributed by atoms with van der Waals surface area (Å²) in [4.78, 5) is 9.58. The molecule has 0 aliphatic rings. The summed E-state index contributed by atoms with van der Waals surface area (Å²) in [7, 11) is 0. The summed E-state index contributed by atoms with van der Waals surface area (Å²) < 4.78 is 0. The Morgan fingerprint density at radius 3 is 2.29 bits per heavy atom. The minimum Gasteiger partial charge on any atom is -0.481 e. The number of halogens is 1. The molecule has 4 heteroatoms. The molecule has 0 radical (unpaired) electrons. The van der Waals surface area contributed by atoms with Gasteiger partial charge in [0.1, 0.15) is 5.17 Å². The van der Waals surface area contributed by atoms with Gasteiger partial charge >= 0.3 is 5.97 Å². The zero-order chi connectivity index (χ0) is 5.86. The Bertz CT molecular complexity index is 89.1. The second-order valence-electron chi connectivity index (χ2n) is 0.975. The largest absolute Gasteiger partial charge is 0.481 e. The molecule has 0 aromatic heterocycles. The molecular formula is C3H4ClNO2. The first-order chi connectivity index (χ1) is 3.13. The third-order valence-electron chi connectivity index (χ3n) is 0.306. The Morgan fingerprint density at radius 1 is 1.86 bits per heavy atom. The fourth-order valence-electron chi connectivity index (χ4n) is 0.133. The number of carboxylic acids is 1. The summed E-state index contributed by atoms with van der Waals surface area (Å²) in [6, 6.07) is 0. The Kier molecular flexibility index (Phi) is 2.37. The molecule has 0 unspecified atom stereocenters. The van der Waals surface area contributed by atoms with Crippen molar-refractivity contribution in [3.8, 4) is 0 Å². The van der Waals surface area contributed by atoms with E-state index in [-0.39, 0.29) is 11.6 Å². The highest BCUT2D eigenvalue weighted by molar-refractivity contribution is 6.65. The summed E-state index contributed by atoms with van der Waals surface area (Å²) >= 11 is 4.88. The highest BCUT2D eigenvalue weighted by Gasteiger charge is 1.96. The van der Waals surface area contributed by atoms with Crippen LogP contribution in [-0.4, -0.2) is 16.2 Å². The number of aliphatic carboxylic acids is 1. The van der Waals surface area contributed by atoms with Gasteiger partial charge in [-0.05, 0) is 0 Å². The zero-order valence-electron chi connectivity index (χ0n) is 3.44. The molecule has 0 atom stereocenters. The standard InChI is InChI=1S/C3H4ClNO2/c4-2(5)1-3(6)7/h5H,1H2,(H,6,7). The van der Waals surface area contributed by atoms with Crippen molar-refractivity contribution in [3.63, 3.8) is 0 Å². The predicted molar refractivity (Wildman–Crippen MR) is 25.8 cm³/mol. The van der Waals surface area contributed by atoms with Gasteiger partial charge in [0, 0.05) is 0 Å². The number of hydrogen-bond acceptors (Lipinski definition) is 2. The molecule has 0 aliphatic carbocycles. The Balaban J connectivity index is 3.32. The lowest BCUT2D eigenvalue weighted by molar-refractivity contribution is -0.135. The van der Waals surface area contributed by atoms with E-state index in [1.54, 1.807) is 0 Å². The molecule has 0 fully saturated rings. The number of hydrogen-bond donors (Lipinski definition) is 2. The Morgan fingerprint density at radius 2 is 2.29 bits per heavy atom. The van der Waals surface area contributed by atoms with E-state index in [1.807, 2.05) is 0 Å². The number of carbonyl (C=O) groups is 1. The van der Waals surface area contributed by atoms with Gasteiger partial charge in [-0.25, -0.2) is 0 Å². The SMILES string of the molecule is N=C(Cl)CC(=O)O. The second kappa shape index (κ2) is 2.58. The van der Waals surface area contributed by atoms with Gasteiger partial charge in [0.2, 0.25) is 0 Å². The van der Waals surface area contributed by atoms with Crippen LogP contribution >= 0.6 is 11.6 Å². The topological polar surface area (TPSA) is 61.2 Å². The van der Waals surface area contributed by atoms with Gasteiger partial charge in [0.25, 0.3) is 0 Å². The van der Waals surface area contributed by atoms with Crippen LogP contribution in [0.15, 0.2) is 0 Å². The second-order valence-corrected chi connectivity index (χ2v) is 1.43. The molecule has 0 saturated heterocycles. The molecular weight excluding hydrogens is 117 g/mol. The maximum atomic E-state index is 9.58. The molecule has 2 N–H and O–H groups in total. The molecule has 0 heterocycles. The van der Waals surface area contributed by atoms with Gasteiger partial charge in [-0.1, -0.05) is 11.6 Å². The highest BCUT2D eigenvalue weighted by Crippen LogP contribution is 1.86. The first kappa shape index (κ1) is 6.43. The fraction of sp³-hybridized carbons (Fsp3) is 0.333. The van der Waals surface area contributed by atoms with E-state index < -0.39 is 5.97 Å². The molecule has 3 nitrogen and oxygen atoms in total. The van der Waals surface area contributed by atoms with Gasteiger partial charge in [0.15, 0.2) is 0 Å². The molecule has 0 aromatic carbocycles. The normalized spacial score (nSPS) is 8.14. The van der Waals surface area contributed by atoms with Crippen molar-refractivity contribution >= 4 is 22.7 Å².